The van der Waals surface area contributed by atoms with Crippen LogP contribution in [0.4, 0.5) is 0 Å². The summed E-state index contributed by atoms with van der Waals surface area (Å²) in [6.45, 7) is 4.17. The van der Waals surface area contributed by atoms with Crippen molar-refractivity contribution >= 4 is 17.3 Å². The van der Waals surface area contributed by atoms with E-state index in [1.165, 1.54) is 11.3 Å². The lowest BCUT2D eigenvalue weighted by atomic mass is 10.4. The average Bonchev–Trinajstić information content (AvgIpc) is 2.71. The Morgan fingerprint density at radius 2 is 2.44 bits per heavy atom. The number of hydrogen-bond acceptors (Lipinski definition) is 5. The molecule has 0 aliphatic rings. The fourth-order valence-corrected chi connectivity index (χ4v) is 1.96. The molecular weight excluding hydrogens is 252 g/mol. The Labute approximate surface area is 109 Å². The van der Waals surface area contributed by atoms with Gasteiger partial charge in [0.15, 0.2) is 5.01 Å². The van der Waals surface area contributed by atoms with Gasteiger partial charge in [-0.1, -0.05) is 22.4 Å². The fourth-order valence-electron chi connectivity index (χ4n) is 1.12. The van der Waals surface area contributed by atoms with Crippen LogP contribution in [0, 0.1) is 18.8 Å². The maximum absolute atomic E-state index is 11.5. The number of carbonyl (C=O) groups is 1. The molecule has 0 amide bonds. The zero-order valence-corrected chi connectivity index (χ0v) is 11.0. The van der Waals surface area contributed by atoms with Crippen molar-refractivity contribution in [2.24, 2.45) is 5.11 Å². The van der Waals surface area contributed by atoms with Crippen LogP contribution in [-0.2, 0) is 4.74 Å². The van der Waals surface area contributed by atoms with Crippen LogP contribution < -0.4 is 0 Å². The van der Waals surface area contributed by atoms with Crippen molar-refractivity contribution in [1.82, 2.24) is 4.98 Å². The largest absolute Gasteiger partial charge is 0.462 e. The SMILES string of the molecule is CCOC(=O)c1sc(C#CCCN=[N+]=[N-])nc1C. The number of ether oxygens (including phenoxy) is 1. The van der Waals surface area contributed by atoms with Crippen molar-refractivity contribution in [2.75, 3.05) is 13.2 Å². The van der Waals surface area contributed by atoms with Crippen molar-refractivity contribution < 1.29 is 9.53 Å². The summed E-state index contributed by atoms with van der Waals surface area (Å²) in [5, 5.41) is 3.93. The number of azide groups is 1. The first kappa shape index (κ1) is 14.0. The Morgan fingerprint density at radius 1 is 1.67 bits per heavy atom. The molecule has 18 heavy (non-hydrogen) atoms. The van der Waals surface area contributed by atoms with Crippen LogP contribution in [-0.4, -0.2) is 24.1 Å². The van der Waals surface area contributed by atoms with Crippen LogP contribution in [0.1, 0.15) is 33.7 Å². The average molecular weight is 264 g/mol. The number of aryl methyl sites for hydroxylation is 1. The van der Waals surface area contributed by atoms with E-state index in [2.05, 4.69) is 26.9 Å². The van der Waals surface area contributed by atoms with Crippen LogP contribution in [0.25, 0.3) is 10.4 Å². The normalized spacial score (nSPS) is 9.00. The van der Waals surface area contributed by atoms with Crippen molar-refractivity contribution in [3.8, 4) is 11.8 Å². The first-order chi connectivity index (χ1) is 8.69. The van der Waals surface area contributed by atoms with E-state index in [-0.39, 0.29) is 5.97 Å². The highest BCUT2D eigenvalue weighted by molar-refractivity contribution is 7.14. The Bertz CT molecular complexity index is 535. The third-order valence-corrected chi connectivity index (χ3v) is 2.91. The lowest BCUT2D eigenvalue weighted by Gasteiger charge is -1.97. The van der Waals surface area contributed by atoms with Crippen molar-refractivity contribution in [1.29, 1.82) is 0 Å². The number of nitrogens with zero attached hydrogens (tertiary/aromatic N) is 4. The molecular formula is C11H12N4O2S. The van der Waals surface area contributed by atoms with Gasteiger partial charge in [0.05, 0.1) is 12.3 Å². The number of thiazole rings is 1. The minimum atomic E-state index is -0.366. The zero-order valence-electron chi connectivity index (χ0n) is 10.1. The molecule has 0 saturated carbocycles. The smallest absolute Gasteiger partial charge is 0.350 e. The van der Waals surface area contributed by atoms with Gasteiger partial charge in [-0.05, 0) is 25.3 Å². The number of hydrogen-bond donors (Lipinski definition) is 0. The van der Waals surface area contributed by atoms with Gasteiger partial charge in [-0.25, -0.2) is 9.78 Å². The van der Waals surface area contributed by atoms with Crippen LogP contribution in [0.2, 0.25) is 0 Å². The van der Waals surface area contributed by atoms with Gasteiger partial charge in [-0.2, -0.15) is 0 Å². The van der Waals surface area contributed by atoms with Crippen molar-refractivity contribution in [3.05, 3.63) is 26.0 Å². The number of carbonyl (C=O) groups excluding carboxylic acids is 1. The highest BCUT2D eigenvalue weighted by Gasteiger charge is 2.15. The predicted molar refractivity (Wildman–Crippen MR) is 68.3 cm³/mol. The summed E-state index contributed by atoms with van der Waals surface area (Å²) >= 11 is 1.21. The van der Waals surface area contributed by atoms with Gasteiger partial charge in [-0.3, -0.25) is 0 Å². The summed E-state index contributed by atoms with van der Waals surface area (Å²) in [6, 6.07) is 0. The van der Waals surface area contributed by atoms with Gasteiger partial charge in [0, 0.05) is 17.9 Å². The van der Waals surface area contributed by atoms with Gasteiger partial charge in [-0.15, -0.1) is 0 Å². The molecule has 1 aromatic rings. The van der Waals surface area contributed by atoms with E-state index in [0.29, 0.717) is 35.2 Å². The summed E-state index contributed by atoms with van der Waals surface area (Å²) in [6.07, 6.45) is 0.470. The second-order valence-electron chi connectivity index (χ2n) is 3.16. The Balaban J connectivity index is 2.71. The first-order valence-electron chi connectivity index (χ1n) is 5.33. The molecule has 1 rings (SSSR count). The molecule has 0 bridgehead atoms. The summed E-state index contributed by atoms with van der Waals surface area (Å²) in [5.74, 6) is 5.29. The highest BCUT2D eigenvalue weighted by Crippen LogP contribution is 2.18. The summed E-state index contributed by atoms with van der Waals surface area (Å²) in [5.41, 5.74) is 8.71. The second kappa shape index (κ2) is 7.33. The Kier molecular flexibility index (Phi) is 5.71. The van der Waals surface area contributed by atoms with Gasteiger partial charge in [0.1, 0.15) is 4.88 Å². The van der Waals surface area contributed by atoms with Crippen molar-refractivity contribution in [3.63, 3.8) is 0 Å². The van der Waals surface area contributed by atoms with Gasteiger partial charge >= 0.3 is 5.97 Å². The molecule has 7 heteroatoms. The predicted octanol–water partition coefficient (Wildman–Crippen LogP) is 2.68. The van der Waals surface area contributed by atoms with E-state index in [1.807, 2.05) is 0 Å². The summed E-state index contributed by atoms with van der Waals surface area (Å²) in [4.78, 5) is 18.8. The third kappa shape index (κ3) is 4.09. The second-order valence-corrected chi connectivity index (χ2v) is 4.16. The van der Waals surface area contributed by atoms with Crippen LogP contribution in [0.5, 0.6) is 0 Å². The minimum absolute atomic E-state index is 0.332. The highest BCUT2D eigenvalue weighted by atomic mass is 32.1. The molecule has 0 aliphatic heterocycles. The van der Waals surface area contributed by atoms with Gasteiger partial charge in [0.2, 0.25) is 0 Å². The molecule has 0 aliphatic carbocycles. The molecule has 94 valence electrons. The number of aromatic nitrogens is 1. The molecule has 0 aromatic carbocycles. The van der Waals surface area contributed by atoms with E-state index in [9.17, 15) is 4.79 Å². The Hall–Kier alpha value is -2.03. The lowest BCUT2D eigenvalue weighted by molar-refractivity contribution is 0.0531. The first-order valence-corrected chi connectivity index (χ1v) is 6.15. The van der Waals surface area contributed by atoms with Gasteiger partial charge < -0.3 is 4.74 Å². The molecule has 0 atom stereocenters. The van der Waals surface area contributed by atoms with Crippen LogP contribution >= 0.6 is 11.3 Å². The zero-order chi connectivity index (χ0) is 13.4. The standard InChI is InChI=1S/C11H12N4O2S/c1-3-17-11(16)10-8(2)14-9(18-10)6-4-5-7-13-15-12/h3,5,7H2,1-2H3. The van der Waals surface area contributed by atoms with E-state index >= 15 is 0 Å². The molecule has 0 radical (unpaired) electrons. The van der Waals surface area contributed by atoms with E-state index in [1.54, 1.807) is 13.8 Å². The van der Waals surface area contributed by atoms with Crippen molar-refractivity contribution in [2.45, 2.75) is 20.3 Å². The topological polar surface area (TPSA) is 88.0 Å². The van der Waals surface area contributed by atoms with Crippen LogP contribution in [0.15, 0.2) is 5.11 Å². The third-order valence-electron chi connectivity index (χ3n) is 1.85. The molecule has 1 heterocycles. The van der Waals surface area contributed by atoms with E-state index < -0.39 is 0 Å². The molecule has 6 nitrogen and oxygen atoms in total. The molecule has 0 saturated heterocycles. The summed E-state index contributed by atoms with van der Waals surface area (Å²) < 4.78 is 4.91. The lowest BCUT2D eigenvalue weighted by Crippen LogP contribution is -2.03. The van der Waals surface area contributed by atoms with E-state index in [4.69, 9.17) is 10.3 Å². The molecule has 0 N–H and O–H groups in total. The van der Waals surface area contributed by atoms with E-state index in [0.717, 1.165) is 0 Å². The van der Waals surface area contributed by atoms with Crippen LogP contribution in [0.3, 0.4) is 0 Å². The maximum Gasteiger partial charge on any atom is 0.350 e. The summed E-state index contributed by atoms with van der Waals surface area (Å²) in [7, 11) is 0. The quantitative estimate of drug-likeness (QED) is 0.209. The molecule has 1 aromatic heterocycles. The monoisotopic (exact) mass is 264 g/mol. The number of esters is 1. The molecule has 0 unspecified atom stereocenters. The fraction of sp³-hybridized carbons (Fsp3) is 0.455. The number of rotatable bonds is 4. The molecule has 0 spiro atoms. The minimum Gasteiger partial charge on any atom is -0.462 e. The molecule has 0 fully saturated rings. The van der Waals surface area contributed by atoms with Gasteiger partial charge in [0.25, 0.3) is 0 Å². The maximum atomic E-state index is 11.5. The Morgan fingerprint density at radius 3 is 3.11 bits per heavy atom.